The molecule has 1 heterocycles. The number of hydrogen-bond donors (Lipinski definition) is 1. The minimum absolute atomic E-state index is 0.335. The second-order valence-corrected chi connectivity index (χ2v) is 3.86. The van der Waals surface area contributed by atoms with E-state index in [0.717, 1.165) is 10.2 Å². The lowest BCUT2D eigenvalue weighted by Crippen LogP contribution is -2.38. The smallest absolute Gasteiger partial charge is 0.177 e. The van der Waals surface area contributed by atoms with Crippen LogP contribution in [0.15, 0.2) is 46.0 Å². The van der Waals surface area contributed by atoms with Gasteiger partial charge in [-0.3, -0.25) is 10.7 Å². The Morgan fingerprint density at radius 1 is 1.29 bits per heavy atom. The van der Waals surface area contributed by atoms with Crippen LogP contribution in [-0.2, 0) is 0 Å². The maximum absolute atomic E-state index is 5.84. The summed E-state index contributed by atoms with van der Waals surface area (Å²) in [5.74, 6) is 0. The largest absolute Gasteiger partial charge is 0.312 e. The van der Waals surface area contributed by atoms with E-state index in [2.05, 4.69) is 20.9 Å². The standard InChI is InChI=1S/C10H10BrN3/c11-8-6-13-10(12)14(7-8)9-4-2-1-3-5-9/h1-7,10H,12H2. The second-order valence-electron chi connectivity index (χ2n) is 2.95. The van der Waals surface area contributed by atoms with Crippen molar-refractivity contribution in [2.45, 2.75) is 6.29 Å². The van der Waals surface area contributed by atoms with E-state index < -0.39 is 0 Å². The highest BCUT2D eigenvalue weighted by atomic mass is 79.9. The summed E-state index contributed by atoms with van der Waals surface area (Å²) in [6, 6.07) is 9.92. The van der Waals surface area contributed by atoms with E-state index >= 15 is 0 Å². The third-order valence-electron chi connectivity index (χ3n) is 1.95. The van der Waals surface area contributed by atoms with Crippen LogP contribution in [0, 0.1) is 0 Å². The monoisotopic (exact) mass is 251 g/mol. The van der Waals surface area contributed by atoms with Gasteiger partial charge in [0.2, 0.25) is 0 Å². The van der Waals surface area contributed by atoms with Crippen molar-refractivity contribution in [3.63, 3.8) is 0 Å². The number of nitrogens with zero attached hydrogens (tertiary/aromatic N) is 2. The van der Waals surface area contributed by atoms with Crippen molar-refractivity contribution in [1.29, 1.82) is 0 Å². The van der Waals surface area contributed by atoms with E-state index in [-0.39, 0.29) is 6.29 Å². The Hall–Kier alpha value is -1.13. The topological polar surface area (TPSA) is 41.6 Å². The first-order valence-electron chi connectivity index (χ1n) is 4.27. The Balaban J connectivity index is 2.31. The fourth-order valence-corrected chi connectivity index (χ4v) is 1.63. The molecule has 3 nitrogen and oxygen atoms in total. The number of rotatable bonds is 1. The molecule has 1 aromatic carbocycles. The third kappa shape index (κ3) is 1.86. The average Bonchev–Trinajstić information content (AvgIpc) is 2.23. The molecule has 1 unspecified atom stereocenters. The van der Waals surface area contributed by atoms with Crippen molar-refractivity contribution >= 4 is 27.8 Å². The van der Waals surface area contributed by atoms with Crippen molar-refractivity contribution < 1.29 is 0 Å². The highest BCUT2D eigenvalue weighted by Crippen LogP contribution is 2.20. The van der Waals surface area contributed by atoms with Crippen LogP contribution in [-0.4, -0.2) is 12.5 Å². The number of aliphatic imine (C=N–C) groups is 1. The molecule has 0 aromatic heterocycles. The Kier molecular flexibility index (Phi) is 2.65. The quantitative estimate of drug-likeness (QED) is 0.831. The fourth-order valence-electron chi connectivity index (χ4n) is 1.29. The molecule has 2 rings (SSSR count). The minimum atomic E-state index is -0.335. The van der Waals surface area contributed by atoms with Crippen LogP contribution < -0.4 is 10.6 Å². The predicted molar refractivity (Wildman–Crippen MR) is 62.4 cm³/mol. The summed E-state index contributed by atoms with van der Waals surface area (Å²) in [6.07, 6.45) is 3.30. The van der Waals surface area contributed by atoms with Gasteiger partial charge in [-0.2, -0.15) is 0 Å². The van der Waals surface area contributed by atoms with Crippen molar-refractivity contribution in [1.82, 2.24) is 0 Å². The van der Waals surface area contributed by atoms with E-state index in [4.69, 9.17) is 5.73 Å². The molecule has 4 heteroatoms. The van der Waals surface area contributed by atoms with Crippen molar-refractivity contribution in [2.24, 2.45) is 10.7 Å². The molecule has 0 aliphatic carbocycles. The molecule has 0 radical (unpaired) electrons. The van der Waals surface area contributed by atoms with E-state index in [1.807, 2.05) is 41.4 Å². The van der Waals surface area contributed by atoms with Gasteiger partial charge in [-0.1, -0.05) is 18.2 Å². The normalized spacial score (nSPS) is 20.9. The van der Waals surface area contributed by atoms with Gasteiger partial charge >= 0.3 is 0 Å². The summed E-state index contributed by atoms with van der Waals surface area (Å²) in [5.41, 5.74) is 6.87. The van der Waals surface area contributed by atoms with Gasteiger partial charge in [0.25, 0.3) is 0 Å². The molecule has 0 fully saturated rings. The first-order valence-corrected chi connectivity index (χ1v) is 5.06. The lowest BCUT2D eigenvalue weighted by molar-refractivity contribution is 0.710. The van der Waals surface area contributed by atoms with Gasteiger partial charge in [-0.25, -0.2) is 0 Å². The number of benzene rings is 1. The Morgan fingerprint density at radius 3 is 2.71 bits per heavy atom. The lowest BCUT2D eigenvalue weighted by atomic mass is 10.3. The van der Waals surface area contributed by atoms with Gasteiger partial charge in [0, 0.05) is 18.1 Å². The van der Waals surface area contributed by atoms with Crippen LogP contribution in [0.3, 0.4) is 0 Å². The molecule has 1 aliphatic rings. The molecule has 0 bridgehead atoms. The van der Waals surface area contributed by atoms with Gasteiger partial charge in [0.05, 0.1) is 4.48 Å². The third-order valence-corrected chi connectivity index (χ3v) is 2.36. The summed E-state index contributed by atoms with van der Waals surface area (Å²) >= 11 is 3.37. The molecule has 0 saturated heterocycles. The maximum atomic E-state index is 5.84. The first kappa shape index (κ1) is 9.43. The van der Waals surface area contributed by atoms with Crippen LogP contribution in [0.4, 0.5) is 5.69 Å². The molecule has 0 amide bonds. The van der Waals surface area contributed by atoms with Crippen LogP contribution >= 0.6 is 15.9 Å². The predicted octanol–water partition coefficient (Wildman–Crippen LogP) is 2.06. The minimum Gasteiger partial charge on any atom is -0.312 e. The number of allylic oxidation sites excluding steroid dienone is 1. The van der Waals surface area contributed by atoms with Crippen molar-refractivity contribution in [3.8, 4) is 0 Å². The van der Waals surface area contributed by atoms with Crippen LogP contribution in [0.1, 0.15) is 0 Å². The zero-order valence-corrected chi connectivity index (χ0v) is 9.05. The Bertz CT molecular complexity index is 372. The SMILES string of the molecule is NC1N=CC(Br)=CN1c1ccccc1. The molecule has 2 N–H and O–H groups in total. The molecular weight excluding hydrogens is 242 g/mol. The number of hydrogen-bond acceptors (Lipinski definition) is 3. The van der Waals surface area contributed by atoms with Crippen molar-refractivity contribution in [2.75, 3.05) is 4.90 Å². The number of para-hydroxylation sites is 1. The van der Waals surface area contributed by atoms with Gasteiger partial charge in [-0.15, -0.1) is 0 Å². The van der Waals surface area contributed by atoms with Gasteiger partial charge < -0.3 is 4.90 Å². The van der Waals surface area contributed by atoms with E-state index in [1.165, 1.54) is 0 Å². The average molecular weight is 252 g/mol. The second kappa shape index (κ2) is 3.94. The van der Waals surface area contributed by atoms with Crippen LogP contribution in [0.5, 0.6) is 0 Å². The van der Waals surface area contributed by atoms with Gasteiger partial charge in [-0.05, 0) is 28.1 Å². The zero-order valence-electron chi connectivity index (χ0n) is 7.47. The molecule has 14 heavy (non-hydrogen) atoms. The molecule has 0 saturated carbocycles. The summed E-state index contributed by atoms with van der Waals surface area (Å²) in [4.78, 5) is 6.04. The number of halogens is 1. The number of anilines is 1. The molecule has 0 spiro atoms. The maximum Gasteiger partial charge on any atom is 0.177 e. The summed E-state index contributed by atoms with van der Waals surface area (Å²) in [5, 5.41) is 0. The molecule has 1 atom stereocenters. The lowest BCUT2D eigenvalue weighted by Gasteiger charge is -2.27. The molecule has 1 aliphatic heterocycles. The molecule has 1 aromatic rings. The first-order chi connectivity index (χ1) is 6.77. The van der Waals surface area contributed by atoms with E-state index in [1.54, 1.807) is 6.21 Å². The molecule has 72 valence electrons. The zero-order chi connectivity index (χ0) is 9.97. The molecular formula is C10H10BrN3. The number of nitrogens with two attached hydrogens (primary N) is 1. The van der Waals surface area contributed by atoms with Crippen molar-refractivity contribution in [3.05, 3.63) is 41.0 Å². The van der Waals surface area contributed by atoms with E-state index in [9.17, 15) is 0 Å². The van der Waals surface area contributed by atoms with Crippen LogP contribution in [0.2, 0.25) is 0 Å². The summed E-state index contributed by atoms with van der Waals surface area (Å²) in [7, 11) is 0. The highest BCUT2D eigenvalue weighted by molar-refractivity contribution is 9.12. The highest BCUT2D eigenvalue weighted by Gasteiger charge is 2.14. The fraction of sp³-hybridized carbons (Fsp3) is 0.100. The summed E-state index contributed by atoms with van der Waals surface area (Å²) in [6.45, 7) is 0. The van der Waals surface area contributed by atoms with Crippen LogP contribution in [0.25, 0.3) is 0 Å². The van der Waals surface area contributed by atoms with Gasteiger partial charge in [0.1, 0.15) is 0 Å². The Labute approximate surface area is 91.1 Å². The van der Waals surface area contributed by atoms with Gasteiger partial charge in [0.15, 0.2) is 6.29 Å². The summed E-state index contributed by atoms with van der Waals surface area (Å²) < 4.78 is 0.919. The Morgan fingerprint density at radius 2 is 2.00 bits per heavy atom. The van der Waals surface area contributed by atoms with E-state index in [0.29, 0.717) is 0 Å².